The third kappa shape index (κ3) is 2.40. The maximum atomic E-state index is 12.1. The molecule has 0 fully saturated rings. The minimum atomic E-state index is -0.646. The molecule has 1 heterocycles. The van der Waals surface area contributed by atoms with E-state index < -0.39 is 11.9 Å². The van der Waals surface area contributed by atoms with Crippen molar-refractivity contribution in [1.82, 2.24) is 0 Å². The smallest absolute Gasteiger partial charge is 0.240 e. The van der Waals surface area contributed by atoms with Crippen LogP contribution in [0.3, 0.4) is 0 Å². The molecule has 1 aliphatic heterocycles. The van der Waals surface area contributed by atoms with Crippen molar-refractivity contribution in [2.45, 2.75) is 31.7 Å². The van der Waals surface area contributed by atoms with E-state index >= 15 is 0 Å². The molecule has 0 radical (unpaired) electrons. The van der Waals surface area contributed by atoms with Gasteiger partial charge in [0, 0.05) is 18.0 Å². The monoisotopic (exact) mass is 308 g/mol. The molecular weight excluding hydrogens is 288 g/mol. The van der Waals surface area contributed by atoms with E-state index in [4.69, 9.17) is 5.73 Å². The van der Waals surface area contributed by atoms with Crippen LogP contribution in [0.2, 0.25) is 0 Å². The zero-order valence-electron chi connectivity index (χ0n) is 13.3. The number of carbonyl (C=O) groups excluding carboxylic acids is 2. The normalized spacial score (nSPS) is 23.2. The molecule has 2 aromatic carbocycles. The summed E-state index contributed by atoms with van der Waals surface area (Å²) >= 11 is 0. The first-order valence-electron chi connectivity index (χ1n) is 7.69. The van der Waals surface area contributed by atoms with E-state index in [1.807, 2.05) is 42.5 Å². The van der Waals surface area contributed by atoms with Crippen molar-refractivity contribution in [3.63, 3.8) is 0 Å². The Balaban J connectivity index is 2.25. The number of anilines is 1. The molecule has 118 valence electrons. The maximum Gasteiger partial charge on any atom is 0.240 e. The molecule has 4 nitrogen and oxygen atoms in total. The minimum absolute atomic E-state index is 0.170. The lowest BCUT2D eigenvalue weighted by molar-refractivity contribution is -0.124. The van der Waals surface area contributed by atoms with Gasteiger partial charge >= 0.3 is 0 Å². The van der Waals surface area contributed by atoms with Crippen molar-refractivity contribution in [3.05, 3.63) is 65.7 Å². The summed E-state index contributed by atoms with van der Waals surface area (Å²) in [5, 5.41) is 0. The van der Waals surface area contributed by atoms with E-state index in [9.17, 15) is 9.59 Å². The summed E-state index contributed by atoms with van der Waals surface area (Å²) in [6, 6.07) is 17.1. The van der Waals surface area contributed by atoms with Gasteiger partial charge in [0.1, 0.15) is 6.04 Å². The first-order valence-corrected chi connectivity index (χ1v) is 7.69. The molecule has 0 aliphatic carbocycles. The molecule has 2 aromatic rings. The summed E-state index contributed by atoms with van der Waals surface area (Å²) < 4.78 is 0. The third-order valence-corrected chi connectivity index (χ3v) is 4.75. The number of nitrogens with zero attached hydrogens (tertiary/aromatic N) is 1. The molecule has 3 rings (SSSR count). The second kappa shape index (κ2) is 5.54. The summed E-state index contributed by atoms with van der Waals surface area (Å²) in [5.41, 5.74) is 8.17. The highest BCUT2D eigenvalue weighted by atomic mass is 16.2. The molecule has 23 heavy (non-hydrogen) atoms. The highest BCUT2D eigenvalue weighted by Gasteiger charge is 2.44. The molecule has 2 unspecified atom stereocenters. The van der Waals surface area contributed by atoms with Gasteiger partial charge in [-0.25, -0.2) is 0 Å². The lowest BCUT2D eigenvalue weighted by atomic mass is 9.68. The van der Waals surface area contributed by atoms with Crippen molar-refractivity contribution in [1.29, 1.82) is 0 Å². The average molecular weight is 308 g/mol. The summed E-state index contributed by atoms with van der Waals surface area (Å²) in [5.74, 6) is -0.645. The summed E-state index contributed by atoms with van der Waals surface area (Å²) in [6.07, 6.45) is 0.475. The van der Waals surface area contributed by atoms with Gasteiger partial charge in [0.05, 0.1) is 0 Å². The molecule has 4 heteroatoms. The van der Waals surface area contributed by atoms with Crippen LogP contribution in [0.5, 0.6) is 0 Å². The number of benzene rings is 2. The van der Waals surface area contributed by atoms with Gasteiger partial charge in [0.2, 0.25) is 11.8 Å². The van der Waals surface area contributed by atoms with E-state index in [-0.39, 0.29) is 11.3 Å². The molecule has 0 bridgehead atoms. The summed E-state index contributed by atoms with van der Waals surface area (Å²) in [4.78, 5) is 25.7. The van der Waals surface area contributed by atoms with E-state index in [0.717, 1.165) is 16.8 Å². The Morgan fingerprint density at radius 2 is 1.70 bits per heavy atom. The van der Waals surface area contributed by atoms with Crippen LogP contribution in [-0.4, -0.2) is 17.9 Å². The fraction of sp³-hybridized carbons (Fsp3) is 0.263. The van der Waals surface area contributed by atoms with Gasteiger partial charge < -0.3 is 5.73 Å². The second-order valence-corrected chi connectivity index (χ2v) is 6.23. The Morgan fingerprint density at radius 3 is 2.30 bits per heavy atom. The number of rotatable bonds is 2. The molecule has 1 aliphatic rings. The van der Waals surface area contributed by atoms with Gasteiger partial charge in [0.25, 0.3) is 0 Å². The molecular formula is C19H20N2O2. The molecule has 2 amide bonds. The fourth-order valence-electron chi connectivity index (χ4n) is 3.60. The van der Waals surface area contributed by atoms with E-state index in [0.29, 0.717) is 6.42 Å². The van der Waals surface area contributed by atoms with Gasteiger partial charge in [-0.2, -0.15) is 0 Å². The SMILES string of the molecule is CC(=O)N1c2ccccc2C(C)(c2ccccc2)CC1C(N)=O. The Hall–Kier alpha value is -2.62. The maximum absolute atomic E-state index is 12.1. The van der Waals surface area contributed by atoms with Crippen LogP contribution in [0.4, 0.5) is 5.69 Å². The standard InChI is InChI=1S/C19H20N2O2/c1-13(22)21-16-11-7-6-10-15(16)19(2,12-17(21)18(20)23)14-8-4-3-5-9-14/h3-11,17H,12H2,1-2H3,(H2,20,23). The number of hydrogen-bond acceptors (Lipinski definition) is 2. The molecule has 0 saturated carbocycles. The minimum Gasteiger partial charge on any atom is -0.368 e. The largest absolute Gasteiger partial charge is 0.368 e. The summed E-state index contributed by atoms with van der Waals surface area (Å²) in [7, 11) is 0. The molecule has 2 N–H and O–H groups in total. The zero-order chi connectivity index (χ0) is 16.6. The van der Waals surface area contributed by atoms with Crippen LogP contribution in [0.15, 0.2) is 54.6 Å². The van der Waals surface area contributed by atoms with E-state index in [1.165, 1.54) is 11.8 Å². The predicted octanol–water partition coefficient (Wildman–Crippen LogP) is 2.60. The van der Waals surface area contributed by atoms with Crippen LogP contribution in [-0.2, 0) is 15.0 Å². The van der Waals surface area contributed by atoms with Gasteiger partial charge in [-0.3, -0.25) is 14.5 Å². The van der Waals surface area contributed by atoms with E-state index in [1.54, 1.807) is 0 Å². The van der Waals surface area contributed by atoms with Gasteiger partial charge in [-0.05, 0) is 23.6 Å². The molecule has 2 atom stereocenters. The van der Waals surface area contributed by atoms with Crippen molar-refractivity contribution in [3.8, 4) is 0 Å². The number of amides is 2. The highest BCUT2D eigenvalue weighted by molar-refractivity contribution is 6.01. The van der Waals surface area contributed by atoms with Gasteiger partial charge in [0.15, 0.2) is 0 Å². The number of hydrogen-bond donors (Lipinski definition) is 1. The lowest BCUT2D eigenvalue weighted by Gasteiger charge is -2.45. The zero-order valence-corrected chi connectivity index (χ0v) is 13.3. The summed E-state index contributed by atoms with van der Waals surface area (Å²) in [6.45, 7) is 3.58. The van der Waals surface area contributed by atoms with Crippen LogP contribution in [0.25, 0.3) is 0 Å². The van der Waals surface area contributed by atoms with Crippen LogP contribution in [0, 0.1) is 0 Å². The van der Waals surface area contributed by atoms with Crippen molar-refractivity contribution in [2.75, 3.05) is 4.90 Å². The number of para-hydroxylation sites is 1. The van der Waals surface area contributed by atoms with Gasteiger partial charge in [-0.1, -0.05) is 55.5 Å². The number of carbonyl (C=O) groups is 2. The lowest BCUT2D eigenvalue weighted by Crippen LogP contribution is -2.54. The Labute approximate surface area is 135 Å². The first kappa shape index (κ1) is 15.3. The third-order valence-electron chi connectivity index (χ3n) is 4.75. The van der Waals surface area contributed by atoms with Crippen molar-refractivity contribution in [2.24, 2.45) is 5.73 Å². The Morgan fingerprint density at radius 1 is 1.09 bits per heavy atom. The topological polar surface area (TPSA) is 63.4 Å². The van der Waals surface area contributed by atoms with Gasteiger partial charge in [-0.15, -0.1) is 0 Å². The average Bonchev–Trinajstić information content (AvgIpc) is 2.55. The number of fused-ring (bicyclic) bond motifs is 1. The number of primary amides is 1. The van der Waals surface area contributed by atoms with Crippen LogP contribution < -0.4 is 10.6 Å². The van der Waals surface area contributed by atoms with Crippen molar-refractivity contribution >= 4 is 17.5 Å². The molecule has 0 saturated heterocycles. The highest BCUT2D eigenvalue weighted by Crippen LogP contribution is 2.46. The predicted molar refractivity (Wildman–Crippen MR) is 90.1 cm³/mol. The second-order valence-electron chi connectivity index (χ2n) is 6.23. The molecule has 0 aromatic heterocycles. The number of nitrogens with two attached hydrogens (primary N) is 1. The van der Waals surface area contributed by atoms with E-state index in [2.05, 4.69) is 19.1 Å². The fourth-order valence-corrected chi connectivity index (χ4v) is 3.60. The molecule has 0 spiro atoms. The Bertz CT molecular complexity index is 757. The van der Waals surface area contributed by atoms with Crippen LogP contribution in [0.1, 0.15) is 31.4 Å². The Kier molecular flexibility index (Phi) is 3.68. The quantitative estimate of drug-likeness (QED) is 0.927. The first-order chi connectivity index (χ1) is 10.9. The van der Waals surface area contributed by atoms with Crippen LogP contribution >= 0.6 is 0 Å². The van der Waals surface area contributed by atoms with Crippen molar-refractivity contribution < 1.29 is 9.59 Å².